The highest BCUT2D eigenvalue weighted by Gasteiger charge is 2.23. The van der Waals surface area contributed by atoms with E-state index in [9.17, 15) is 15.0 Å². The molecule has 0 spiro atoms. The largest absolute Gasteiger partial charge is 0.466 e. The van der Waals surface area contributed by atoms with Gasteiger partial charge < -0.3 is 14.9 Å². The summed E-state index contributed by atoms with van der Waals surface area (Å²) in [5.74, 6) is -0.506. The van der Waals surface area contributed by atoms with E-state index in [1.807, 2.05) is 26.0 Å². The third-order valence-electron chi connectivity index (χ3n) is 2.79. The molecule has 2 atom stereocenters. The van der Waals surface area contributed by atoms with Crippen molar-refractivity contribution < 1.29 is 19.7 Å². The zero-order chi connectivity index (χ0) is 13.7. The molecular weight excluding hydrogens is 232 g/mol. The zero-order valence-corrected chi connectivity index (χ0v) is 11.0. The van der Waals surface area contributed by atoms with Crippen LogP contribution in [0.5, 0.6) is 0 Å². The van der Waals surface area contributed by atoms with Crippen molar-refractivity contribution in [3.8, 4) is 0 Å². The van der Waals surface area contributed by atoms with Crippen LogP contribution in [0.25, 0.3) is 0 Å². The van der Waals surface area contributed by atoms with E-state index in [-0.39, 0.29) is 13.0 Å². The second-order valence-corrected chi connectivity index (χ2v) is 4.38. The molecule has 0 aliphatic rings. The highest BCUT2D eigenvalue weighted by Crippen LogP contribution is 2.23. The summed E-state index contributed by atoms with van der Waals surface area (Å²) >= 11 is 0. The molecule has 1 aromatic rings. The number of benzene rings is 1. The van der Waals surface area contributed by atoms with Gasteiger partial charge in [0, 0.05) is 0 Å². The first-order valence-electron chi connectivity index (χ1n) is 6.04. The van der Waals surface area contributed by atoms with E-state index in [2.05, 4.69) is 0 Å². The Bertz CT molecular complexity index is 414. The average molecular weight is 252 g/mol. The predicted octanol–water partition coefficient (Wildman–Crippen LogP) is 1.65. The van der Waals surface area contributed by atoms with Crippen LogP contribution in [0.1, 0.15) is 36.1 Å². The smallest absolute Gasteiger partial charge is 0.308 e. The minimum absolute atomic E-state index is 0.206. The molecule has 0 saturated carbocycles. The number of rotatable bonds is 5. The lowest BCUT2D eigenvalue weighted by Crippen LogP contribution is -2.23. The molecule has 2 unspecified atom stereocenters. The second kappa shape index (κ2) is 6.52. The van der Waals surface area contributed by atoms with Crippen molar-refractivity contribution in [2.24, 2.45) is 0 Å². The Balaban J connectivity index is 2.73. The number of carbonyl (C=O) groups is 1. The summed E-state index contributed by atoms with van der Waals surface area (Å²) in [6.45, 7) is 5.79. The van der Waals surface area contributed by atoms with Gasteiger partial charge in [0.2, 0.25) is 0 Å². The van der Waals surface area contributed by atoms with Gasteiger partial charge in [0.15, 0.2) is 0 Å². The minimum atomic E-state index is -1.15. The third kappa shape index (κ3) is 3.82. The Morgan fingerprint density at radius 1 is 1.33 bits per heavy atom. The van der Waals surface area contributed by atoms with Gasteiger partial charge in [-0.25, -0.2) is 0 Å². The van der Waals surface area contributed by atoms with E-state index in [1.165, 1.54) is 0 Å². The van der Waals surface area contributed by atoms with Crippen molar-refractivity contribution in [3.05, 3.63) is 34.9 Å². The van der Waals surface area contributed by atoms with Gasteiger partial charge >= 0.3 is 5.97 Å². The molecule has 4 nitrogen and oxygen atoms in total. The van der Waals surface area contributed by atoms with Gasteiger partial charge in [0.25, 0.3) is 0 Å². The van der Waals surface area contributed by atoms with Crippen LogP contribution < -0.4 is 0 Å². The molecule has 0 heterocycles. The van der Waals surface area contributed by atoms with E-state index >= 15 is 0 Å². The van der Waals surface area contributed by atoms with Crippen LogP contribution in [-0.2, 0) is 9.53 Å². The minimum Gasteiger partial charge on any atom is -0.466 e. The standard InChI is InChI=1S/C14H20O4/c1-4-18-13(16)8-12(15)14(17)11-6-5-9(2)7-10(11)3/h5-7,12,14-15,17H,4,8H2,1-3H3. The summed E-state index contributed by atoms with van der Waals surface area (Å²) in [4.78, 5) is 11.2. The Hall–Kier alpha value is -1.39. The molecule has 0 aromatic heterocycles. The first-order chi connectivity index (χ1) is 8.45. The quantitative estimate of drug-likeness (QED) is 0.782. The lowest BCUT2D eigenvalue weighted by Gasteiger charge is -2.19. The van der Waals surface area contributed by atoms with Crippen LogP contribution in [0.15, 0.2) is 18.2 Å². The third-order valence-corrected chi connectivity index (χ3v) is 2.79. The fourth-order valence-corrected chi connectivity index (χ4v) is 1.87. The fourth-order valence-electron chi connectivity index (χ4n) is 1.87. The molecule has 0 bridgehead atoms. The molecule has 0 aliphatic heterocycles. The number of esters is 1. The number of aliphatic hydroxyl groups is 2. The number of aliphatic hydroxyl groups excluding tert-OH is 2. The number of ether oxygens (including phenoxy) is 1. The molecule has 0 radical (unpaired) electrons. The van der Waals surface area contributed by atoms with Crippen molar-refractivity contribution in [2.75, 3.05) is 6.61 Å². The summed E-state index contributed by atoms with van der Waals surface area (Å²) in [6.07, 6.45) is -2.43. The average Bonchev–Trinajstić information content (AvgIpc) is 2.28. The van der Waals surface area contributed by atoms with Gasteiger partial charge in [0.1, 0.15) is 6.10 Å². The van der Waals surface area contributed by atoms with E-state index in [4.69, 9.17) is 4.74 Å². The number of hydrogen-bond donors (Lipinski definition) is 2. The fraction of sp³-hybridized carbons (Fsp3) is 0.500. The SMILES string of the molecule is CCOC(=O)CC(O)C(O)c1ccc(C)cc1C. The van der Waals surface area contributed by atoms with E-state index < -0.39 is 18.2 Å². The molecule has 4 heteroatoms. The maximum Gasteiger partial charge on any atom is 0.308 e. The first kappa shape index (κ1) is 14.7. The van der Waals surface area contributed by atoms with Crippen molar-refractivity contribution in [3.63, 3.8) is 0 Å². The molecule has 0 amide bonds. The molecule has 100 valence electrons. The Morgan fingerprint density at radius 2 is 2.00 bits per heavy atom. The Kier molecular flexibility index (Phi) is 5.31. The summed E-state index contributed by atoms with van der Waals surface area (Å²) in [7, 11) is 0. The van der Waals surface area contributed by atoms with Gasteiger partial charge in [0.05, 0.1) is 19.1 Å². The molecule has 1 rings (SSSR count). The van der Waals surface area contributed by atoms with Crippen LogP contribution in [0.4, 0.5) is 0 Å². The lowest BCUT2D eigenvalue weighted by molar-refractivity contribution is -0.147. The summed E-state index contributed by atoms with van der Waals surface area (Å²) in [5, 5.41) is 19.8. The van der Waals surface area contributed by atoms with Crippen LogP contribution in [-0.4, -0.2) is 28.9 Å². The highest BCUT2D eigenvalue weighted by molar-refractivity contribution is 5.70. The van der Waals surface area contributed by atoms with E-state index in [1.54, 1.807) is 13.0 Å². The highest BCUT2D eigenvalue weighted by atomic mass is 16.5. The van der Waals surface area contributed by atoms with Crippen LogP contribution in [0.2, 0.25) is 0 Å². The topological polar surface area (TPSA) is 66.8 Å². The van der Waals surface area contributed by atoms with Crippen molar-refractivity contribution in [1.29, 1.82) is 0 Å². The molecule has 18 heavy (non-hydrogen) atoms. The number of aryl methyl sites for hydroxylation is 2. The van der Waals surface area contributed by atoms with Gasteiger partial charge in [-0.05, 0) is 31.9 Å². The molecule has 0 fully saturated rings. The zero-order valence-electron chi connectivity index (χ0n) is 11.0. The van der Waals surface area contributed by atoms with Crippen LogP contribution in [0, 0.1) is 13.8 Å². The van der Waals surface area contributed by atoms with Crippen molar-refractivity contribution in [2.45, 2.75) is 39.4 Å². The normalized spacial score (nSPS) is 14.1. The van der Waals surface area contributed by atoms with Crippen LogP contribution in [0.3, 0.4) is 0 Å². The second-order valence-electron chi connectivity index (χ2n) is 4.38. The van der Waals surface area contributed by atoms with Crippen molar-refractivity contribution in [1.82, 2.24) is 0 Å². The maximum atomic E-state index is 11.2. The Labute approximate surface area is 107 Å². The molecule has 0 saturated heterocycles. The molecular formula is C14H20O4. The number of carbonyl (C=O) groups excluding carboxylic acids is 1. The Morgan fingerprint density at radius 3 is 2.56 bits per heavy atom. The first-order valence-corrected chi connectivity index (χ1v) is 6.04. The predicted molar refractivity (Wildman–Crippen MR) is 68.1 cm³/mol. The van der Waals surface area contributed by atoms with E-state index in [0.717, 1.165) is 11.1 Å². The lowest BCUT2D eigenvalue weighted by atomic mass is 9.96. The van der Waals surface area contributed by atoms with Gasteiger partial charge in [-0.15, -0.1) is 0 Å². The van der Waals surface area contributed by atoms with Gasteiger partial charge in [-0.1, -0.05) is 23.8 Å². The van der Waals surface area contributed by atoms with Gasteiger partial charge in [-0.2, -0.15) is 0 Å². The summed E-state index contributed by atoms with van der Waals surface area (Å²) in [6, 6.07) is 5.56. The summed E-state index contributed by atoms with van der Waals surface area (Å²) in [5.41, 5.74) is 2.62. The molecule has 2 N–H and O–H groups in total. The van der Waals surface area contributed by atoms with Crippen molar-refractivity contribution >= 4 is 5.97 Å². The van der Waals surface area contributed by atoms with Crippen LogP contribution >= 0.6 is 0 Å². The van der Waals surface area contributed by atoms with Gasteiger partial charge in [-0.3, -0.25) is 4.79 Å². The maximum absolute atomic E-state index is 11.2. The van der Waals surface area contributed by atoms with E-state index in [0.29, 0.717) is 5.56 Å². The number of hydrogen-bond acceptors (Lipinski definition) is 4. The molecule has 0 aliphatic carbocycles. The summed E-state index contributed by atoms with van der Waals surface area (Å²) < 4.78 is 4.74. The molecule has 1 aromatic carbocycles. The monoisotopic (exact) mass is 252 g/mol.